The molecule has 0 aliphatic carbocycles. The van der Waals surface area contributed by atoms with Crippen LogP contribution in [0.2, 0.25) is 0 Å². The lowest BCUT2D eigenvalue weighted by Crippen LogP contribution is -2.30. The summed E-state index contributed by atoms with van der Waals surface area (Å²) < 4.78 is 7.67. The summed E-state index contributed by atoms with van der Waals surface area (Å²) >= 11 is 0. The Bertz CT molecular complexity index is 630. The summed E-state index contributed by atoms with van der Waals surface area (Å²) in [6.07, 6.45) is 3.62. The molecular formula is C18H26N4O. The molecule has 0 saturated carbocycles. The van der Waals surface area contributed by atoms with Crippen LogP contribution in [0.1, 0.15) is 24.8 Å². The van der Waals surface area contributed by atoms with Crippen LogP contribution in [-0.2, 0) is 0 Å². The molecule has 1 aromatic heterocycles. The number of nitrogens with zero attached hydrogens (tertiary/aromatic N) is 3. The number of rotatable bonds is 5. The Morgan fingerprint density at radius 2 is 1.91 bits per heavy atom. The number of anilines is 1. The second-order valence-corrected chi connectivity index (χ2v) is 6.45. The van der Waals surface area contributed by atoms with Crippen molar-refractivity contribution in [3.05, 3.63) is 35.9 Å². The summed E-state index contributed by atoms with van der Waals surface area (Å²) in [5.41, 5.74) is 8.05. The molecule has 2 N–H and O–H groups in total. The number of nitrogens with two attached hydrogens (primary N) is 1. The standard InChI is InChI=1S/C18H26N4O/c1-14-17(19)22(16-6-4-3-5-7-16)20-18(14)23-13-10-15-8-11-21(2)12-9-15/h3-7,15H,8-13,19H2,1-2H3. The lowest BCUT2D eigenvalue weighted by molar-refractivity contribution is 0.185. The van der Waals surface area contributed by atoms with Gasteiger partial charge in [0.25, 0.3) is 0 Å². The predicted octanol–water partition coefficient (Wildman–Crippen LogP) is 2.87. The van der Waals surface area contributed by atoms with Crippen LogP contribution >= 0.6 is 0 Å². The Kier molecular flexibility index (Phi) is 4.86. The molecule has 23 heavy (non-hydrogen) atoms. The van der Waals surface area contributed by atoms with Crippen molar-refractivity contribution in [1.82, 2.24) is 14.7 Å². The first-order valence-electron chi connectivity index (χ1n) is 8.37. The van der Waals surface area contributed by atoms with E-state index in [2.05, 4.69) is 17.0 Å². The third kappa shape index (κ3) is 3.67. The van der Waals surface area contributed by atoms with Gasteiger partial charge in [0, 0.05) is 0 Å². The van der Waals surface area contributed by atoms with Crippen molar-refractivity contribution in [1.29, 1.82) is 0 Å². The van der Waals surface area contributed by atoms with Crippen molar-refractivity contribution >= 4 is 5.82 Å². The van der Waals surface area contributed by atoms with Crippen molar-refractivity contribution < 1.29 is 4.74 Å². The van der Waals surface area contributed by atoms with E-state index in [9.17, 15) is 0 Å². The molecular weight excluding hydrogens is 288 g/mol. The average molecular weight is 314 g/mol. The first kappa shape index (κ1) is 15.9. The van der Waals surface area contributed by atoms with E-state index in [-0.39, 0.29) is 0 Å². The van der Waals surface area contributed by atoms with Gasteiger partial charge in [-0.3, -0.25) is 0 Å². The zero-order valence-corrected chi connectivity index (χ0v) is 14.0. The number of para-hydroxylation sites is 1. The summed E-state index contributed by atoms with van der Waals surface area (Å²) in [5, 5.41) is 4.54. The molecule has 2 heterocycles. The molecule has 0 bridgehead atoms. The van der Waals surface area contributed by atoms with E-state index in [0.717, 1.165) is 23.6 Å². The number of likely N-dealkylation sites (tertiary alicyclic amines) is 1. The van der Waals surface area contributed by atoms with Crippen molar-refractivity contribution in [3.8, 4) is 11.6 Å². The fourth-order valence-electron chi connectivity index (χ4n) is 3.06. The zero-order chi connectivity index (χ0) is 16.2. The monoisotopic (exact) mass is 314 g/mol. The Balaban J connectivity index is 1.60. The van der Waals surface area contributed by atoms with Crippen LogP contribution < -0.4 is 10.5 Å². The van der Waals surface area contributed by atoms with Crippen LogP contribution in [0.3, 0.4) is 0 Å². The van der Waals surface area contributed by atoms with Gasteiger partial charge in [-0.2, -0.15) is 0 Å². The Labute approximate surface area is 138 Å². The first-order chi connectivity index (χ1) is 11.1. The molecule has 5 heteroatoms. The number of aromatic nitrogens is 2. The van der Waals surface area contributed by atoms with Gasteiger partial charge >= 0.3 is 0 Å². The number of benzene rings is 1. The topological polar surface area (TPSA) is 56.3 Å². The Hall–Kier alpha value is -2.01. The van der Waals surface area contributed by atoms with Gasteiger partial charge in [-0.25, -0.2) is 4.68 Å². The van der Waals surface area contributed by atoms with Gasteiger partial charge in [-0.05, 0) is 64.4 Å². The van der Waals surface area contributed by atoms with Gasteiger partial charge < -0.3 is 15.4 Å². The molecule has 0 atom stereocenters. The maximum Gasteiger partial charge on any atom is 0.238 e. The predicted molar refractivity (Wildman–Crippen MR) is 93.0 cm³/mol. The van der Waals surface area contributed by atoms with Crippen molar-refractivity contribution in [2.24, 2.45) is 5.92 Å². The number of hydrogen-bond donors (Lipinski definition) is 1. The lowest BCUT2D eigenvalue weighted by Gasteiger charge is -2.28. The van der Waals surface area contributed by atoms with Crippen LogP contribution in [0.5, 0.6) is 5.88 Å². The maximum absolute atomic E-state index is 6.18. The quantitative estimate of drug-likeness (QED) is 0.922. The highest BCUT2D eigenvalue weighted by Gasteiger charge is 2.18. The SMILES string of the molecule is Cc1c(OCCC2CCN(C)CC2)nn(-c2ccccc2)c1N. The largest absolute Gasteiger partial charge is 0.476 e. The van der Waals surface area contributed by atoms with Crippen LogP contribution in [0.4, 0.5) is 5.82 Å². The minimum Gasteiger partial charge on any atom is -0.476 e. The van der Waals surface area contributed by atoms with E-state index in [0.29, 0.717) is 18.3 Å². The van der Waals surface area contributed by atoms with Gasteiger partial charge in [0.15, 0.2) is 0 Å². The van der Waals surface area contributed by atoms with Crippen LogP contribution in [0.25, 0.3) is 5.69 Å². The van der Waals surface area contributed by atoms with E-state index in [1.54, 1.807) is 4.68 Å². The third-order valence-electron chi connectivity index (χ3n) is 4.73. The third-order valence-corrected chi connectivity index (χ3v) is 4.73. The Morgan fingerprint density at radius 1 is 1.22 bits per heavy atom. The summed E-state index contributed by atoms with van der Waals surface area (Å²) in [5.74, 6) is 2.06. The van der Waals surface area contributed by atoms with Gasteiger partial charge in [0.05, 0.1) is 17.9 Å². The molecule has 5 nitrogen and oxygen atoms in total. The fourth-order valence-corrected chi connectivity index (χ4v) is 3.06. The van der Waals surface area contributed by atoms with Crippen molar-refractivity contribution in [3.63, 3.8) is 0 Å². The molecule has 3 rings (SSSR count). The lowest BCUT2D eigenvalue weighted by atomic mass is 9.94. The summed E-state index contributed by atoms with van der Waals surface area (Å²) in [4.78, 5) is 2.39. The normalized spacial score (nSPS) is 16.6. The molecule has 1 aromatic carbocycles. The summed E-state index contributed by atoms with van der Waals surface area (Å²) in [6, 6.07) is 9.92. The van der Waals surface area contributed by atoms with E-state index in [4.69, 9.17) is 10.5 Å². The number of hydrogen-bond acceptors (Lipinski definition) is 4. The highest BCUT2D eigenvalue weighted by Crippen LogP contribution is 2.26. The fraction of sp³-hybridized carbons (Fsp3) is 0.500. The first-order valence-corrected chi connectivity index (χ1v) is 8.37. The van der Waals surface area contributed by atoms with E-state index >= 15 is 0 Å². The smallest absolute Gasteiger partial charge is 0.238 e. The number of nitrogen functional groups attached to an aromatic ring is 1. The molecule has 1 aliphatic heterocycles. The minimum absolute atomic E-state index is 0.644. The van der Waals surface area contributed by atoms with Gasteiger partial charge in [-0.1, -0.05) is 18.2 Å². The van der Waals surface area contributed by atoms with Crippen LogP contribution in [0.15, 0.2) is 30.3 Å². The molecule has 0 unspecified atom stereocenters. The van der Waals surface area contributed by atoms with Crippen LogP contribution in [0, 0.1) is 12.8 Å². The Morgan fingerprint density at radius 3 is 2.61 bits per heavy atom. The van der Waals surface area contributed by atoms with Gasteiger partial charge in [-0.15, -0.1) is 5.10 Å². The van der Waals surface area contributed by atoms with E-state index in [1.807, 2.05) is 37.3 Å². The maximum atomic E-state index is 6.18. The van der Waals surface area contributed by atoms with Gasteiger partial charge in [0.1, 0.15) is 5.82 Å². The molecule has 2 aromatic rings. The molecule has 124 valence electrons. The molecule has 1 saturated heterocycles. The molecule has 0 radical (unpaired) electrons. The highest BCUT2D eigenvalue weighted by molar-refractivity contribution is 5.51. The molecule has 1 fully saturated rings. The highest BCUT2D eigenvalue weighted by atomic mass is 16.5. The molecule has 1 aliphatic rings. The molecule has 0 spiro atoms. The number of piperidine rings is 1. The second kappa shape index (κ2) is 7.04. The summed E-state index contributed by atoms with van der Waals surface area (Å²) in [7, 11) is 2.19. The number of ether oxygens (including phenoxy) is 1. The second-order valence-electron chi connectivity index (χ2n) is 6.45. The van der Waals surface area contributed by atoms with Crippen LogP contribution in [-0.4, -0.2) is 41.4 Å². The van der Waals surface area contributed by atoms with Crippen molar-refractivity contribution in [2.75, 3.05) is 32.5 Å². The summed E-state index contributed by atoms with van der Waals surface area (Å²) in [6.45, 7) is 5.06. The average Bonchev–Trinajstić information content (AvgIpc) is 2.86. The minimum atomic E-state index is 0.644. The molecule has 0 amide bonds. The van der Waals surface area contributed by atoms with E-state index < -0.39 is 0 Å². The van der Waals surface area contributed by atoms with E-state index in [1.165, 1.54) is 25.9 Å². The van der Waals surface area contributed by atoms with Crippen molar-refractivity contribution in [2.45, 2.75) is 26.2 Å². The zero-order valence-electron chi connectivity index (χ0n) is 14.0. The van der Waals surface area contributed by atoms with Gasteiger partial charge in [0.2, 0.25) is 5.88 Å².